The van der Waals surface area contributed by atoms with Crippen molar-refractivity contribution >= 4 is 0 Å². The molecule has 93 heavy (non-hydrogen) atoms. The van der Waals surface area contributed by atoms with Crippen LogP contribution in [0.5, 0.6) is 0 Å². The van der Waals surface area contributed by atoms with Crippen LogP contribution in [0.1, 0.15) is 231 Å². The second kappa shape index (κ2) is 30.1. The minimum absolute atomic E-state index is 0.00116. The van der Waals surface area contributed by atoms with Crippen molar-refractivity contribution in [2.75, 3.05) is 0 Å². The largest absolute Gasteiger partial charge is 0.390 e. The minimum Gasteiger partial charge on any atom is -0.390 e. The van der Waals surface area contributed by atoms with Crippen molar-refractivity contribution in [3.05, 3.63) is 0 Å². The third-order valence-corrected chi connectivity index (χ3v) is 28.5. The Balaban J connectivity index is 0.000000187. The molecule has 548 valence electrons. The zero-order valence-electron chi connectivity index (χ0n) is 62.6. The first-order chi connectivity index (χ1) is 42.4. The molecule has 2 spiro atoms. The summed E-state index contributed by atoms with van der Waals surface area (Å²) in [6.45, 7) is 54.5. The third-order valence-electron chi connectivity index (χ3n) is 28.5. The van der Waals surface area contributed by atoms with Crippen LogP contribution in [-0.4, -0.2) is 186 Å². The van der Waals surface area contributed by atoms with Gasteiger partial charge in [-0.15, -0.1) is 0 Å². The van der Waals surface area contributed by atoms with E-state index in [1.165, 1.54) is 13.8 Å². The maximum Gasteiger partial charge on any atom is 0.169 e. The highest BCUT2D eigenvalue weighted by atomic mass is 16.8. The van der Waals surface area contributed by atoms with Gasteiger partial charge in [-0.25, -0.2) is 0 Å². The molecule has 8 saturated carbocycles. The Labute approximate surface area is 562 Å². The number of fused-ring (bicyclic) bond motifs is 3. The van der Waals surface area contributed by atoms with Gasteiger partial charge in [-0.3, -0.25) is 0 Å². The Morgan fingerprint density at radius 1 is 0.226 bits per heavy atom. The molecule has 23 unspecified atom stereocenters. The van der Waals surface area contributed by atoms with Gasteiger partial charge in [-0.2, -0.15) is 0 Å². The Hall–Kier alpha value is -0.720. The topological polar surface area (TPSA) is 298 Å². The van der Waals surface area contributed by atoms with Gasteiger partial charge in [0.2, 0.25) is 0 Å². The molecule has 38 atom stereocenters. The fraction of sp³-hybridized carbons (Fsp3) is 1.00. The molecule has 3 heterocycles. The lowest BCUT2D eigenvalue weighted by atomic mass is 9.66. The lowest BCUT2D eigenvalue weighted by molar-refractivity contribution is -0.268. The van der Waals surface area contributed by atoms with Gasteiger partial charge in [0.15, 0.2) is 17.4 Å². The molecular formula is C75H140O18. The number of hydrogen-bond acceptors (Lipinski definition) is 18. The van der Waals surface area contributed by atoms with Crippen molar-refractivity contribution in [3.8, 4) is 0 Å². The molecule has 3 aliphatic heterocycles. The number of aliphatic hydroxyl groups is 12. The van der Waals surface area contributed by atoms with E-state index in [9.17, 15) is 61.3 Å². The van der Waals surface area contributed by atoms with E-state index < -0.39 is 94.6 Å². The predicted octanol–water partition coefficient (Wildman–Crippen LogP) is 9.24. The fourth-order valence-corrected chi connectivity index (χ4v) is 18.1. The SMILES string of the molecule is CC1C(O)C(O)C(C)[C@@H](O)C1O.CC1C(O)C(O)[C@@H](C)C(C)[C@H]1C.CC1C2OC(C)(C)OC2[C@@H](C)C(C)[C@H]1C.CC1C2OC3(CCC4(CC3)OC3C(C)[C@H](C)C(C)[C@H](C)C3O4)OC2[C@H](C)C(C)[C@@H]1C.CC1C[C@](C)(O)[C@H](C)C[C@@]1(C)O.C[C@]1(O)CC(O)[C@](C)(O)C[C@H]1O. The van der Waals surface area contributed by atoms with Crippen molar-refractivity contribution in [2.45, 2.75) is 357 Å². The maximum absolute atomic E-state index is 9.93. The summed E-state index contributed by atoms with van der Waals surface area (Å²) in [4.78, 5) is 0. The molecular weight excluding hydrogens is 1190 g/mol. The maximum atomic E-state index is 9.93. The first-order valence-electron chi connectivity index (χ1n) is 36.8. The molecule has 0 aromatic rings. The quantitative estimate of drug-likeness (QED) is 0.108. The average molecular weight is 1330 g/mol. The van der Waals surface area contributed by atoms with E-state index in [2.05, 4.69) is 96.9 Å². The highest BCUT2D eigenvalue weighted by Crippen LogP contribution is 2.57. The first-order valence-corrected chi connectivity index (χ1v) is 36.8. The number of ether oxygens (including phenoxy) is 6. The van der Waals surface area contributed by atoms with Crippen LogP contribution in [0.25, 0.3) is 0 Å². The molecule has 11 fully saturated rings. The first kappa shape index (κ1) is 81.2. The van der Waals surface area contributed by atoms with E-state index in [0.29, 0.717) is 96.1 Å². The predicted molar refractivity (Wildman–Crippen MR) is 360 cm³/mol. The summed E-state index contributed by atoms with van der Waals surface area (Å²) < 4.78 is 39.1. The molecule has 8 aliphatic carbocycles. The molecule has 12 N–H and O–H groups in total. The third kappa shape index (κ3) is 16.9. The molecule has 18 heteroatoms. The normalized spacial score (nSPS) is 57.7. The zero-order valence-corrected chi connectivity index (χ0v) is 62.6. The van der Waals surface area contributed by atoms with Gasteiger partial charge in [-0.05, 0) is 161 Å². The highest BCUT2D eigenvalue weighted by molar-refractivity contribution is 5.06. The van der Waals surface area contributed by atoms with Crippen molar-refractivity contribution in [3.63, 3.8) is 0 Å². The number of aliphatic hydroxyl groups excluding tert-OH is 8. The van der Waals surface area contributed by atoms with Gasteiger partial charge in [0.25, 0.3) is 0 Å². The van der Waals surface area contributed by atoms with Gasteiger partial charge < -0.3 is 89.7 Å². The average Bonchev–Trinajstić information content (AvgIpc) is 1.59. The van der Waals surface area contributed by atoms with Crippen LogP contribution in [0.3, 0.4) is 0 Å². The monoisotopic (exact) mass is 1330 g/mol. The Morgan fingerprint density at radius 3 is 0.624 bits per heavy atom. The van der Waals surface area contributed by atoms with Crippen LogP contribution in [0.2, 0.25) is 0 Å². The second-order valence-electron chi connectivity index (χ2n) is 35.2. The van der Waals surface area contributed by atoms with Crippen LogP contribution < -0.4 is 0 Å². The number of rotatable bonds is 0. The van der Waals surface area contributed by atoms with Crippen molar-refractivity contribution < 1.29 is 89.7 Å². The van der Waals surface area contributed by atoms with E-state index in [-0.39, 0.29) is 66.7 Å². The van der Waals surface area contributed by atoms with Gasteiger partial charge in [-0.1, -0.05) is 138 Å². The van der Waals surface area contributed by atoms with Crippen molar-refractivity contribution in [1.82, 2.24) is 0 Å². The van der Waals surface area contributed by atoms with Gasteiger partial charge in [0, 0.05) is 50.4 Å². The van der Waals surface area contributed by atoms with E-state index in [4.69, 9.17) is 28.4 Å². The molecule has 3 saturated heterocycles. The van der Waals surface area contributed by atoms with E-state index in [1.807, 2.05) is 55.4 Å². The van der Waals surface area contributed by atoms with Crippen LogP contribution >= 0.6 is 0 Å². The van der Waals surface area contributed by atoms with Gasteiger partial charge in [0.1, 0.15) is 0 Å². The van der Waals surface area contributed by atoms with Crippen molar-refractivity contribution in [2.24, 2.45) is 118 Å². The lowest BCUT2D eigenvalue weighted by Crippen LogP contribution is -2.57. The molecule has 0 amide bonds. The smallest absolute Gasteiger partial charge is 0.169 e. The molecule has 0 bridgehead atoms. The number of hydrogen-bond donors (Lipinski definition) is 12. The van der Waals surface area contributed by atoms with Gasteiger partial charge >= 0.3 is 0 Å². The summed E-state index contributed by atoms with van der Waals surface area (Å²) in [6, 6.07) is 0. The van der Waals surface area contributed by atoms with Gasteiger partial charge in [0.05, 0.1) is 108 Å². The molecule has 0 aromatic carbocycles. The lowest BCUT2D eigenvalue weighted by Gasteiger charge is -2.46. The Kier molecular flexibility index (Phi) is 26.3. The fourth-order valence-electron chi connectivity index (χ4n) is 18.1. The zero-order chi connectivity index (χ0) is 71.0. The Morgan fingerprint density at radius 2 is 0.409 bits per heavy atom. The van der Waals surface area contributed by atoms with E-state index >= 15 is 0 Å². The summed E-state index contributed by atoms with van der Waals surface area (Å²) in [7, 11) is 0. The molecule has 0 aromatic heterocycles. The summed E-state index contributed by atoms with van der Waals surface area (Å²) in [6.07, 6.45) is -0.365. The molecule has 11 aliphatic rings. The summed E-state index contributed by atoms with van der Waals surface area (Å²) in [5, 5.41) is 115. The molecule has 11 rings (SSSR count). The van der Waals surface area contributed by atoms with E-state index in [0.717, 1.165) is 37.5 Å². The minimum atomic E-state index is -1.29. The summed E-state index contributed by atoms with van der Waals surface area (Å²) in [5.41, 5.74) is -3.77. The van der Waals surface area contributed by atoms with Crippen LogP contribution in [0, 0.1) is 118 Å². The highest BCUT2D eigenvalue weighted by Gasteiger charge is 2.63. The van der Waals surface area contributed by atoms with Crippen LogP contribution in [0.15, 0.2) is 0 Å². The second-order valence-corrected chi connectivity index (χ2v) is 35.2. The Bertz CT molecular complexity index is 1980. The van der Waals surface area contributed by atoms with Crippen LogP contribution in [0.4, 0.5) is 0 Å². The molecule has 18 nitrogen and oxygen atoms in total. The van der Waals surface area contributed by atoms with Crippen LogP contribution in [-0.2, 0) is 28.4 Å². The standard InChI is InChI=1S/C26H44O4.C13H24O2.2C10H20O2.2C8H16O4/c1-13-14(2)18(6)22-21(17(13)5)27-25(28-22)9-11-26(12-10-25)29-23-19(7)15(3)16(4)20(8)24(23)30-26;1-7-8(2)10(4)12-11(9(7)3)14-13(5,6)15-12;1-7-5-10(4,12)8(2)6-9(7,3)11;1-5-6(2)8(4)10(12)9(11)7(5)3;1-7(11)3-6(10)8(2,12)4-5(7)9;1-3-5(9)7(11)4(2)8(12)6(3)10/h13-24H,9-12H2,1-8H3;7-12H,1-6H3;7-8,11-12H,5-6H2,1-4H3;5-12H,1-4H3;5-6,9-12H,3-4H2,1-2H3;3-12H,1-2H3/t13-,14?,15+,16?,17?,18+,19?,20-,21?,22?,23?,24?,25?,26?;7-,8?,9?,10+,11?,12?;7-,8?,9+,10-;5-,6?,7?,8+,9?,10?;5-,6?,7+,8-;3?,4?,5-,6?,7?,8?/m.11111/s1. The van der Waals surface area contributed by atoms with Crippen molar-refractivity contribution in [1.29, 1.82) is 0 Å². The molecule has 0 radical (unpaired) electrons. The summed E-state index contributed by atoms with van der Waals surface area (Å²) >= 11 is 0. The summed E-state index contributed by atoms with van der Waals surface area (Å²) in [5.74, 6) is 7.10. The van der Waals surface area contributed by atoms with E-state index in [1.54, 1.807) is 13.8 Å².